The second-order valence-corrected chi connectivity index (χ2v) is 4.19. The summed E-state index contributed by atoms with van der Waals surface area (Å²) in [6.07, 6.45) is 4.99. The molecule has 1 aromatic carbocycles. The van der Waals surface area contributed by atoms with Gasteiger partial charge in [-0.15, -0.1) is 0 Å². The molecule has 1 aromatic rings. The van der Waals surface area contributed by atoms with Crippen LogP contribution in [0.4, 0.5) is 0 Å². The Labute approximate surface area is 94.6 Å². The third kappa shape index (κ3) is 4.14. The van der Waals surface area contributed by atoms with E-state index < -0.39 is 0 Å². The number of hydrogen-bond donors (Lipinski definition) is 0. The van der Waals surface area contributed by atoms with Gasteiger partial charge in [0.25, 0.3) is 0 Å². The van der Waals surface area contributed by atoms with Crippen LogP contribution >= 0.6 is 15.9 Å². The average Bonchev–Trinajstić information content (AvgIpc) is 2.20. The van der Waals surface area contributed by atoms with E-state index >= 15 is 0 Å². The van der Waals surface area contributed by atoms with Crippen molar-refractivity contribution in [2.45, 2.75) is 32.6 Å². The zero-order valence-corrected chi connectivity index (χ0v) is 10.2. The highest BCUT2D eigenvalue weighted by atomic mass is 79.9. The number of rotatable bonds is 6. The lowest BCUT2D eigenvalue weighted by Gasteiger charge is -2.07. The number of benzene rings is 1. The molecule has 0 saturated heterocycles. The highest BCUT2D eigenvalue weighted by Gasteiger charge is 1.97. The average molecular weight is 257 g/mol. The van der Waals surface area contributed by atoms with Crippen LogP contribution in [0.1, 0.15) is 32.6 Å². The number of hydrogen-bond acceptors (Lipinski definition) is 1. The van der Waals surface area contributed by atoms with E-state index in [1.807, 2.05) is 24.3 Å². The first-order valence-electron chi connectivity index (χ1n) is 5.22. The van der Waals surface area contributed by atoms with Gasteiger partial charge in [-0.05, 0) is 34.5 Å². The number of halogens is 1. The Morgan fingerprint density at radius 2 is 1.93 bits per heavy atom. The van der Waals surface area contributed by atoms with Crippen molar-refractivity contribution in [1.82, 2.24) is 0 Å². The van der Waals surface area contributed by atoms with Gasteiger partial charge in [0.2, 0.25) is 0 Å². The first-order valence-corrected chi connectivity index (χ1v) is 6.01. The minimum absolute atomic E-state index is 0.822. The molecule has 0 N–H and O–H groups in total. The fourth-order valence-electron chi connectivity index (χ4n) is 1.27. The van der Waals surface area contributed by atoms with Crippen LogP contribution in [-0.4, -0.2) is 6.61 Å². The van der Waals surface area contributed by atoms with Crippen LogP contribution in [0.3, 0.4) is 0 Å². The SMILES string of the molecule is CCCCCCOc1ccccc1Br. The third-order valence-electron chi connectivity index (χ3n) is 2.09. The zero-order valence-electron chi connectivity index (χ0n) is 8.63. The minimum atomic E-state index is 0.822. The van der Waals surface area contributed by atoms with Crippen molar-refractivity contribution in [3.63, 3.8) is 0 Å². The summed E-state index contributed by atoms with van der Waals surface area (Å²) in [6, 6.07) is 7.98. The minimum Gasteiger partial charge on any atom is -0.492 e. The Morgan fingerprint density at radius 1 is 1.14 bits per heavy atom. The van der Waals surface area contributed by atoms with Crippen LogP contribution in [0.5, 0.6) is 5.75 Å². The predicted molar refractivity (Wildman–Crippen MR) is 63.8 cm³/mol. The molecule has 0 atom stereocenters. The molecule has 0 amide bonds. The maximum atomic E-state index is 5.64. The molecule has 14 heavy (non-hydrogen) atoms. The molecule has 0 bridgehead atoms. The van der Waals surface area contributed by atoms with Gasteiger partial charge in [0.15, 0.2) is 0 Å². The molecule has 0 saturated carbocycles. The van der Waals surface area contributed by atoms with E-state index in [0.717, 1.165) is 23.2 Å². The van der Waals surface area contributed by atoms with E-state index in [-0.39, 0.29) is 0 Å². The Balaban J connectivity index is 2.21. The highest BCUT2D eigenvalue weighted by molar-refractivity contribution is 9.10. The smallest absolute Gasteiger partial charge is 0.133 e. The van der Waals surface area contributed by atoms with Crippen LogP contribution in [0, 0.1) is 0 Å². The van der Waals surface area contributed by atoms with Crippen molar-refractivity contribution < 1.29 is 4.74 Å². The monoisotopic (exact) mass is 256 g/mol. The zero-order chi connectivity index (χ0) is 10.2. The van der Waals surface area contributed by atoms with Gasteiger partial charge in [-0.1, -0.05) is 38.3 Å². The predicted octanol–water partition coefficient (Wildman–Crippen LogP) is 4.41. The fourth-order valence-corrected chi connectivity index (χ4v) is 1.67. The summed E-state index contributed by atoms with van der Waals surface area (Å²) in [4.78, 5) is 0. The van der Waals surface area contributed by atoms with Crippen molar-refractivity contribution in [2.75, 3.05) is 6.61 Å². The lowest BCUT2D eigenvalue weighted by molar-refractivity contribution is 0.303. The van der Waals surface area contributed by atoms with Gasteiger partial charge in [-0.25, -0.2) is 0 Å². The molecule has 78 valence electrons. The molecule has 0 fully saturated rings. The summed E-state index contributed by atoms with van der Waals surface area (Å²) in [5.74, 6) is 0.948. The number of ether oxygens (including phenoxy) is 1. The van der Waals surface area contributed by atoms with Gasteiger partial charge in [0.1, 0.15) is 5.75 Å². The topological polar surface area (TPSA) is 9.23 Å². The van der Waals surface area contributed by atoms with Crippen molar-refractivity contribution >= 4 is 15.9 Å². The van der Waals surface area contributed by atoms with E-state index in [4.69, 9.17) is 4.74 Å². The summed E-state index contributed by atoms with van der Waals surface area (Å²) in [6.45, 7) is 3.04. The summed E-state index contributed by atoms with van der Waals surface area (Å²) in [5, 5.41) is 0. The molecule has 0 radical (unpaired) electrons. The van der Waals surface area contributed by atoms with Crippen LogP contribution in [0.25, 0.3) is 0 Å². The molecule has 0 heterocycles. The van der Waals surface area contributed by atoms with E-state index in [2.05, 4.69) is 22.9 Å². The van der Waals surface area contributed by atoms with Gasteiger partial charge in [-0.2, -0.15) is 0 Å². The molecule has 1 rings (SSSR count). The molecule has 0 aromatic heterocycles. The van der Waals surface area contributed by atoms with Crippen molar-refractivity contribution in [3.05, 3.63) is 28.7 Å². The van der Waals surface area contributed by atoms with Crippen molar-refractivity contribution in [1.29, 1.82) is 0 Å². The summed E-state index contributed by atoms with van der Waals surface area (Å²) < 4.78 is 6.67. The first-order chi connectivity index (χ1) is 6.84. The number of unbranched alkanes of at least 4 members (excludes halogenated alkanes) is 3. The van der Waals surface area contributed by atoms with Gasteiger partial charge < -0.3 is 4.74 Å². The van der Waals surface area contributed by atoms with Crippen LogP contribution in [0.2, 0.25) is 0 Å². The quantitative estimate of drug-likeness (QED) is 0.686. The molecular weight excluding hydrogens is 240 g/mol. The molecule has 0 aliphatic carbocycles. The van der Waals surface area contributed by atoms with E-state index in [1.54, 1.807) is 0 Å². The maximum Gasteiger partial charge on any atom is 0.133 e. The summed E-state index contributed by atoms with van der Waals surface area (Å²) in [5.41, 5.74) is 0. The Morgan fingerprint density at radius 3 is 2.64 bits per heavy atom. The standard InChI is InChI=1S/C12H17BrO/c1-2-3-4-7-10-14-12-9-6-5-8-11(12)13/h5-6,8-9H,2-4,7,10H2,1H3. The Hall–Kier alpha value is -0.500. The van der Waals surface area contributed by atoms with E-state index in [0.29, 0.717) is 0 Å². The van der Waals surface area contributed by atoms with Gasteiger partial charge in [0, 0.05) is 0 Å². The molecule has 0 unspecified atom stereocenters. The Kier molecular flexibility index (Phi) is 5.69. The molecule has 0 spiro atoms. The van der Waals surface area contributed by atoms with E-state index in [1.165, 1.54) is 19.3 Å². The highest BCUT2D eigenvalue weighted by Crippen LogP contribution is 2.23. The normalized spacial score (nSPS) is 10.1. The lowest BCUT2D eigenvalue weighted by atomic mass is 10.2. The third-order valence-corrected chi connectivity index (χ3v) is 2.75. The Bertz CT molecular complexity index is 260. The van der Waals surface area contributed by atoms with Crippen LogP contribution < -0.4 is 4.74 Å². The molecule has 0 aliphatic rings. The van der Waals surface area contributed by atoms with E-state index in [9.17, 15) is 0 Å². The molecular formula is C12H17BrO. The summed E-state index contributed by atoms with van der Waals surface area (Å²) in [7, 11) is 0. The lowest BCUT2D eigenvalue weighted by Crippen LogP contribution is -1.97. The van der Waals surface area contributed by atoms with Gasteiger partial charge in [-0.3, -0.25) is 0 Å². The van der Waals surface area contributed by atoms with Crippen LogP contribution in [0.15, 0.2) is 28.7 Å². The second kappa shape index (κ2) is 6.88. The first kappa shape index (κ1) is 11.6. The molecule has 1 nitrogen and oxygen atoms in total. The summed E-state index contributed by atoms with van der Waals surface area (Å²) >= 11 is 3.45. The second-order valence-electron chi connectivity index (χ2n) is 3.34. The number of para-hydroxylation sites is 1. The largest absolute Gasteiger partial charge is 0.492 e. The van der Waals surface area contributed by atoms with Gasteiger partial charge in [0.05, 0.1) is 11.1 Å². The van der Waals surface area contributed by atoms with Gasteiger partial charge >= 0.3 is 0 Å². The maximum absolute atomic E-state index is 5.64. The fraction of sp³-hybridized carbons (Fsp3) is 0.500. The van der Waals surface area contributed by atoms with Crippen molar-refractivity contribution in [2.24, 2.45) is 0 Å². The van der Waals surface area contributed by atoms with Crippen LogP contribution in [-0.2, 0) is 0 Å². The molecule has 2 heteroatoms. The molecule has 0 aliphatic heterocycles. The van der Waals surface area contributed by atoms with Crippen molar-refractivity contribution in [3.8, 4) is 5.75 Å².